The van der Waals surface area contributed by atoms with Crippen molar-refractivity contribution in [1.82, 2.24) is 19.5 Å². The molecule has 0 N–H and O–H groups in total. The highest BCUT2D eigenvalue weighted by Crippen LogP contribution is 2.23. The van der Waals surface area contributed by atoms with Crippen molar-refractivity contribution < 1.29 is 9.59 Å². The maximum Gasteiger partial charge on any atom is 0.257 e. The summed E-state index contributed by atoms with van der Waals surface area (Å²) in [4.78, 5) is 29.9. The summed E-state index contributed by atoms with van der Waals surface area (Å²) in [5.74, 6) is 0.0339. The number of aromatic nitrogens is 3. The molecule has 1 fully saturated rings. The number of carbonyl (C=O) groups excluding carboxylic acids is 2. The van der Waals surface area contributed by atoms with Crippen LogP contribution in [0.5, 0.6) is 0 Å². The number of fused-ring (bicyclic) bond motifs is 1. The average molecular weight is 334 g/mol. The van der Waals surface area contributed by atoms with Gasteiger partial charge in [0.25, 0.3) is 5.91 Å². The fourth-order valence-corrected chi connectivity index (χ4v) is 3.32. The first-order valence-corrected chi connectivity index (χ1v) is 8.44. The smallest absolute Gasteiger partial charge is 0.257 e. The van der Waals surface area contributed by atoms with E-state index < -0.39 is 0 Å². The molecule has 1 amide bonds. The molecule has 0 radical (unpaired) electrons. The summed E-state index contributed by atoms with van der Waals surface area (Å²) in [6.45, 7) is 1.61. The lowest BCUT2D eigenvalue weighted by Gasteiger charge is -2.26. The number of nitrogens with zero attached hydrogens (tertiary/aromatic N) is 4. The predicted molar refractivity (Wildman–Crippen MR) is 93.6 cm³/mol. The standard InChI is InChI=1S/C19H18N4O2/c24-13-14-9-15(11-20-10-14)17-5-4-6-18-16(12-21-23(17)18)19(25)22-7-2-1-3-8-22/h4-6,9-13H,1-3,7-8H2. The molecule has 0 unspecified atom stereocenters. The Morgan fingerprint density at radius 2 is 1.92 bits per heavy atom. The van der Waals surface area contributed by atoms with Gasteiger partial charge in [-0.25, -0.2) is 4.52 Å². The van der Waals surface area contributed by atoms with Gasteiger partial charge in [-0.3, -0.25) is 14.6 Å². The van der Waals surface area contributed by atoms with Crippen LogP contribution in [0.25, 0.3) is 16.8 Å². The molecule has 4 rings (SSSR count). The molecule has 6 nitrogen and oxygen atoms in total. The van der Waals surface area contributed by atoms with E-state index >= 15 is 0 Å². The third kappa shape index (κ3) is 2.80. The molecule has 1 aliphatic rings. The fourth-order valence-electron chi connectivity index (χ4n) is 3.32. The van der Waals surface area contributed by atoms with E-state index in [0.29, 0.717) is 11.1 Å². The van der Waals surface area contributed by atoms with Crippen molar-refractivity contribution in [1.29, 1.82) is 0 Å². The van der Waals surface area contributed by atoms with Crippen LogP contribution in [-0.2, 0) is 0 Å². The van der Waals surface area contributed by atoms with E-state index in [1.54, 1.807) is 23.0 Å². The molecule has 0 saturated carbocycles. The number of carbonyl (C=O) groups is 2. The second-order valence-electron chi connectivity index (χ2n) is 6.24. The Balaban J connectivity index is 1.77. The van der Waals surface area contributed by atoms with Crippen LogP contribution in [0.2, 0.25) is 0 Å². The van der Waals surface area contributed by atoms with Gasteiger partial charge in [-0.1, -0.05) is 6.07 Å². The Hall–Kier alpha value is -3.02. The van der Waals surface area contributed by atoms with Crippen molar-refractivity contribution in [3.63, 3.8) is 0 Å². The minimum Gasteiger partial charge on any atom is -0.339 e. The van der Waals surface area contributed by atoms with Crippen LogP contribution >= 0.6 is 0 Å². The van der Waals surface area contributed by atoms with Crippen LogP contribution in [0.4, 0.5) is 0 Å². The molecule has 0 spiro atoms. The molecule has 3 aromatic rings. The van der Waals surface area contributed by atoms with Gasteiger partial charge in [0.2, 0.25) is 0 Å². The largest absolute Gasteiger partial charge is 0.339 e. The minimum absolute atomic E-state index is 0.0339. The van der Waals surface area contributed by atoms with Crippen LogP contribution in [0, 0.1) is 0 Å². The van der Waals surface area contributed by atoms with Gasteiger partial charge >= 0.3 is 0 Å². The monoisotopic (exact) mass is 334 g/mol. The molecule has 25 heavy (non-hydrogen) atoms. The number of pyridine rings is 2. The highest BCUT2D eigenvalue weighted by Gasteiger charge is 2.22. The number of rotatable bonds is 3. The van der Waals surface area contributed by atoms with Crippen molar-refractivity contribution in [3.8, 4) is 11.3 Å². The molecule has 1 saturated heterocycles. The van der Waals surface area contributed by atoms with Gasteiger partial charge < -0.3 is 4.90 Å². The molecule has 3 aromatic heterocycles. The Bertz CT molecular complexity index is 942. The van der Waals surface area contributed by atoms with Crippen molar-refractivity contribution >= 4 is 17.7 Å². The number of aldehydes is 1. The Morgan fingerprint density at radius 1 is 1.08 bits per heavy atom. The van der Waals surface area contributed by atoms with E-state index in [1.165, 1.54) is 12.6 Å². The topological polar surface area (TPSA) is 67.6 Å². The summed E-state index contributed by atoms with van der Waals surface area (Å²) in [5, 5.41) is 4.42. The van der Waals surface area contributed by atoms with Crippen molar-refractivity contribution in [3.05, 3.63) is 54.0 Å². The summed E-state index contributed by atoms with van der Waals surface area (Å²) in [6, 6.07) is 7.46. The minimum atomic E-state index is 0.0339. The molecule has 126 valence electrons. The first-order valence-electron chi connectivity index (χ1n) is 8.44. The van der Waals surface area contributed by atoms with Crippen molar-refractivity contribution in [2.24, 2.45) is 0 Å². The van der Waals surface area contributed by atoms with Crippen LogP contribution in [0.3, 0.4) is 0 Å². The zero-order valence-electron chi connectivity index (χ0n) is 13.8. The van der Waals surface area contributed by atoms with Crippen molar-refractivity contribution in [2.75, 3.05) is 13.1 Å². The third-order valence-electron chi connectivity index (χ3n) is 4.61. The van der Waals surface area contributed by atoms with E-state index in [-0.39, 0.29) is 5.91 Å². The Kier molecular flexibility index (Phi) is 4.01. The third-order valence-corrected chi connectivity index (χ3v) is 4.61. The van der Waals surface area contributed by atoms with Gasteiger partial charge in [-0.05, 0) is 37.5 Å². The van der Waals surface area contributed by atoms with Crippen molar-refractivity contribution in [2.45, 2.75) is 19.3 Å². The van der Waals surface area contributed by atoms with Crippen LogP contribution < -0.4 is 0 Å². The molecular formula is C19H18N4O2. The van der Waals surface area contributed by atoms with Gasteiger partial charge in [0.05, 0.1) is 23.0 Å². The lowest BCUT2D eigenvalue weighted by molar-refractivity contribution is 0.0726. The Morgan fingerprint density at radius 3 is 2.72 bits per heavy atom. The quantitative estimate of drug-likeness (QED) is 0.691. The predicted octanol–water partition coefficient (Wildman–Crippen LogP) is 2.83. The second kappa shape index (κ2) is 6.47. The average Bonchev–Trinajstić information content (AvgIpc) is 3.12. The number of piperidine rings is 1. The number of amides is 1. The first kappa shape index (κ1) is 15.5. The molecule has 0 aliphatic carbocycles. The zero-order valence-corrected chi connectivity index (χ0v) is 13.8. The van der Waals surface area contributed by atoms with Gasteiger partial charge in [-0.2, -0.15) is 5.10 Å². The first-order chi connectivity index (χ1) is 12.3. The zero-order chi connectivity index (χ0) is 17.2. The van der Waals surface area contributed by atoms with Crippen LogP contribution in [0.15, 0.2) is 42.9 Å². The normalized spacial score (nSPS) is 14.6. The molecular weight excluding hydrogens is 316 g/mol. The van der Waals surface area contributed by atoms with Gasteiger partial charge in [0, 0.05) is 36.6 Å². The van der Waals surface area contributed by atoms with Crippen LogP contribution in [-0.4, -0.2) is 44.8 Å². The number of hydrogen-bond donors (Lipinski definition) is 0. The van der Waals surface area contributed by atoms with E-state index in [1.807, 2.05) is 23.1 Å². The molecule has 0 aromatic carbocycles. The summed E-state index contributed by atoms with van der Waals surface area (Å²) in [7, 11) is 0. The highest BCUT2D eigenvalue weighted by atomic mass is 16.2. The van der Waals surface area contributed by atoms with E-state index in [9.17, 15) is 9.59 Å². The highest BCUT2D eigenvalue weighted by molar-refractivity contribution is 6.01. The van der Waals surface area contributed by atoms with Gasteiger partial charge in [-0.15, -0.1) is 0 Å². The molecule has 0 bridgehead atoms. The maximum absolute atomic E-state index is 12.8. The fraction of sp³-hybridized carbons (Fsp3) is 0.263. The number of hydrogen-bond acceptors (Lipinski definition) is 4. The summed E-state index contributed by atoms with van der Waals surface area (Å²) < 4.78 is 1.74. The van der Waals surface area contributed by atoms with E-state index in [4.69, 9.17) is 0 Å². The van der Waals surface area contributed by atoms with Crippen LogP contribution in [0.1, 0.15) is 40.0 Å². The summed E-state index contributed by atoms with van der Waals surface area (Å²) in [5.41, 5.74) is 3.47. The summed E-state index contributed by atoms with van der Waals surface area (Å²) in [6.07, 6.45) is 8.90. The summed E-state index contributed by atoms with van der Waals surface area (Å²) >= 11 is 0. The van der Waals surface area contributed by atoms with E-state index in [2.05, 4.69) is 10.1 Å². The van der Waals surface area contributed by atoms with Gasteiger partial charge in [0.1, 0.15) is 0 Å². The van der Waals surface area contributed by atoms with E-state index in [0.717, 1.165) is 49.0 Å². The SMILES string of the molecule is O=Cc1cncc(-c2cccc3c(C(=O)N4CCCCC4)cnn23)c1. The maximum atomic E-state index is 12.8. The second-order valence-corrected chi connectivity index (χ2v) is 6.24. The number of likely N-dealkylation sites (tertiary alicyclic amines) is 1. The molecule has 6 heteroatoms. The molecule has 4 heterocycles. The van der Waals surface area contributed by atoms with Gasteiger partial charge in [0.15, 0.2) is 6.29 Å². The lowest BCUT2D eigenvalue weighted by Crippen LogP contribution is -2.35. The Labute approximate surface area is 145 Å². The molecule has 0 atom stereocenters. The molecule has 1 aliphatic heterocycles. The lowest BCUT2D eigenvalue weighted by atomic mass is 10.1.